The molecule has 0 aliphatic heterocycles. The summed E-state index contributed by atoms with van der Waals surface area (Å²) in [7, 11) is 3.16. The maximum absolute atomic E-state index is 13.3. The van der Waals surface area contributed by atoms with Crippen molar-refractivity contribution < 1.29 is 18.0 Å². The predicted molar refractivity (Wildman–Crippen MR) is 57.2 cm³/mol. The van der Waals surface area contributed by atoms with Crippen molar-refractivity contribution in [3.8, 4) is 0 Å². The van der Waals surface area contributed by atoms with E-state index in [9.17, 15) is 18.0 Å². The number of nitrogens with one attached hydrogen (secondary N) is 1. The molecule has 0 aliphatic carbocycles. The Morgan fingerprint density at radius 1 is 1.29 bits per heavy atom. The van der Waals surface area contributed by atoms with E-state index < -0.39 is 28.9 Å². The summed E-state index contributed by atoms with van der Waals surface area (Å²) in [5.41, 5.74) is -0.470. The van der Waals surface area contributed by atoms with E-state index in [-0.39, 0.29) is 0 Å². The minimum atomic E-state index is -1.63. The van der Waals surface area contributed by atoms with Gasteiger partial charge in [0.05, 0.1) is 5.56 Å². The second-order valence-corrected chi connectivity index (χ2v) is 3.55. The smallest absolute Gasteiger partial charge is 0.256 e. The molecule has 3 nitrogen and oxygen atoms in total. The number of carbonyl (C=O) groups excluding carboxylic acids is 1. The van der Waals surface area contributed by atoms with Crippen LogP contribution in [0.1, 0.15) is 10.4 Å². The third kappa shape index (κ3) is 2.97. The Hall–Kier alpha value is -1.56. The highest BCUT2D eigenvalue weighted by atomic mass is 19.2. The molecular formula is C11H13F3N2O. The molecule has 0 saturated heterocycles. The lowest BCUT2D eigenvalue weighted by atomic mass is 10.1. The first-order valence-corrected chi connectivity index (χ1v) is 5.02. The van der Waals surface area contributed by atoms with Crippen molar-refractivity contribution in [2.45, 2.75) is 0 Å². The summed E-state index contributed by atoms with van der Waals surface area (Å²) < 4.78 is 38.9. The van der Waals surface area contributed by atoms with Gasteiger partial charge in [0.1, 0.15) is 0 Å². The van der Waals surface area contributed by atoms with E-state index in [4.69, 9.17) is 0 Å². The minimum Gasteiger partial charge on any atom is -0.340 e. The Bertz CT molecular complexity index is 423. The van der Waals surface area contributed by atoms with Gasteiger partial charge in [-0.1, -0.05) is 0 Å². The average molecular weight is 246 g/mol. The summed E-state index contributed by atoms with van der Waals surface area (Å²) >= 11 is 0. The molecule has 94 valence electrons. The lowest BCUT2D eigenvalue weighted by Gasteiger charge is -2.17. The summed E-state index contributed by atoms with van der Waals surface area (Å²) in [5.74, 6) is -5.07. The fourth-order valence-electron chi connectivity index (χ4n) is 1.28. The van der Waals surface area contributed by atoms with Gasteiger partial charge in [0, 0.05) is 20.1 Å². The Morgan fingerprint density at radius 2 is 1.94 bits per heavy atom. The average Bonchev–Trinajstić information content (AvgIpc) is 2.32. The van der Waals surface area contributed by atoms with Crippen molar-refractivity contribution in [1.29, 1.82) is 0 Å². The molecule has 0 bridgehead atoms. The first-order chi connectivity index (χ1) is 7.99. The number of nitrogens with zero attached hydrogens (tertiary/aromatic N) is 1. The Morgan fingerprint density at radius 3 is 2.53 bits per heavy atom. The van der Waals surface area contributed by atoms with Crippen LogP contribution in [0.2, 0.25) is 0 Å². The molecule has 1 amide bonds. The van der Waals surface area contributed by atoms with E-state index in [2.05, 4.69) is 5.32 Å². The Balaban J connectivity index is 2.93. The molecule has 0 aliphatic rings. The molecule has 1 N–H and O–H groups in total. The van der Waals surface area contributed by atoms with Crippen LogP contribution >= 0.6 is 0 Å². The standard InChI is InChI=1S/C11H13F3N2O/c1-15-5-6-16(2)11(17)7-3-4-8(12)10(14)9(7)13/h3-4,15H,5-6H2,1-2H3. The highest BCUT2D eigenvalue weighted by Crippen LogP contribution is 2.16. The van der Waals surface area contributed by atoms with Gasteiger partial charge in [0.2, 0.25) is 0 Å². The van der Waals surface area contributed by atoms with E-state index in [0.29, 0.717) is 13.1 Å². The molecule has 1 aromatic carbocycles. The van der Waals surface area contributed by atoms with Gasteiger partial charge in [-0.2, -0.15) is 0 Å². The van der Waals surface area contributed by atoms with Crippen LogP contribution in [0.3, 0.4) is 0 Å². The molecule has 6 heteroatoms. The van der Waals surface area contributed by atoms with Crippen LogP contribution in [0.25, 0.3) is 0 Å². The summed E-state index contributed by atoms with van der Waals surface area (Å²) in [6.07, 6.45) is 0. The van der Waals surface area contributed by atoms with E-state index in [1.807, 2.05) is 0 Å². The molecule has 0 spiro atoms. The van der Waals surface area contributed by atoms with Gasteiger partial charge in [0.25, 0.3) is 5.91 Å². The first-order valence-electron chi connectivity index (χ1n) is 5.02. The van der Waals surface area contributed by atoms with Crippen molar-refractivity contribution >= 4 is 5.91 Å². The SMILES string of the molecule is CNCCN(C)C(=O)c1ccc(F)c(F)c1F. The summed E-state index contributed by atoms with van der Waals surface area (Å²) in [6.45, 7) is 0.862. The molecule has 0 atom stereocenters. The van der Waals surface area contributed by atoms with Gasteiger partial charge in [0.15, 0.2) is 17.5 Å². The highest BCUT2D eigenvalue weighted by Gasteiger charge is 2.20. The summed E-state index contributed by atoms with van der Waals surface area (Å²) in [5, 5.41) is 2.82. The van der Waals surface area contributed by atoms with Crippen LogP contribution in [0.4, 0.5) is 13.2 Å². The molecule has 17 heavy (non-hydrogen) atoms. The fourth-order valence-corrected chi connectivity index (χ4v) is 1.28. The van der Waals surface area contributed by atoms with E-state index >= 15 is 0 Å². The van der Waals surface area contributed by atoms with Crippen LogP contribution in [0.5, 0.6) is 0 Å². The quantitative estimate of drug-likeness (QED) is 0.814. The zero-order valence-electron chi connectivity index (χ0n) is 9.56. The molecule has 0 fully saturated rings. The number of carbonyl (C=O) groups is 1. The Kier molecular flexibility index (Phi) is 4.51. The molecule has 1 rings (SSSR count). The van der Waals surface area contributed by atoms with Crippen molar-refractivity contribution in [3.05, 3.63) is 35.1 Å². The highest BCUT2D eigenvalue weighted by molar-refractivity contribution is 5.94. The number of halogens is 3. The molecule has 1 aromatic rings. The predicted octanol–water partition coefficient (Wildman–Crippen LogP) is 1.40. The van der Waals surface area contributed by atoms with Crippen LogP contribution in [-0.2, 0) is 0 Å². The van der Waals surface area contributed by atoms with Gasteiger partial charge in [-0.15, -0.1) is 0 Å². The second-order valence-electron chi connectivity index (χ2n) is 3.55. The first kappa shape index (κ1) is 13.5. The van der Waals surface area contributed by atoms with Crippen molar-refractivity contribution in [2.24, 2.45) is 0 Å². The second kappa shape index (κ2) is 5.67. The van der Waals surface area contributed by atoms with Crippen LogP contribution in [0.15, 0.2) is 12.1 Å². The monoisotopic (exact) mass is 246 g/mol. The van der Waals surface area contributed by atoms with Gasteiger partial charge < -0.3 is 10.2 Å². The maximum Gasteiger partial charge on any atom is 0.256 e. The summed E-state index contributed by atoms with van der Waals surface area (Å²) in [4.78, 5) is 12.9. The van der Waals surface area contributed by atoms with Crippen LogP contribution in [-0.4, -0.2) is 38.0 Å². The number of amides is 1. The topological polar surface area (TPSA) is 32.3 Å². The molecule has 0 heterocycles. The molecule has 0 saturated carbocycles. The number of hydrogen-bond donors (Lipinski definition) is 1. The Labute approximate surface area is 97.2 Å². The van der Waals surface area contributed by atoms with E-state index in [1.54, 1.807) is 7.05 Å². The molecule has 0 radical (unpaired) electrons. The number of rotatable bonds is 4. The third-order valence-corrected chi connectivity index (χ3v) is 2.31. The molecule has 0 aromatic heterocycles. The lowest BCUT2D eigenvalue weighted by Crippen LogP contribution is -2.33. The van der Waals surface area contributed by atoms with Gasteiger partial charge in [-0.05, 0) is 19.2 Å². The number of likely N-dealkylation sites (N-methyl/N-ethyl adjacent to an activating group) is 2. The normalized spacial score (nSPS) is 10.4. The summed E-state index contributed by atoms with van der Waals surface area (Å²) in [6, 6.07) is 1.67. The lowest BCUT2D eigenvalue weighted by molar-refractivity contribution is 0.0791. The van der Waals surface area contributed by atoms with Crippen LogP contribution < -0.4 is 5.32 Å². The van der Waals surface area contributed by atoms with Gasteiger partial charge in [-0.3, -0.25) is 4.79 Å². The van der Waals surface area contributed by atoms with E-state index in [1.165, 1.54) is 11.9 Å². The molecule has 0 unspecified atom stereocenters. The largest absolute Gasteiger partial charge is 0.340 e. The van der Waals surface area contributed by atoms with Crippen molar-refractivity contribution in [3.63, 3.8) is 0 Å². The zero-order chi connectivity index (χ0) is 13.0. The van der Waals surface area contributed by atoms with Crippen molar-refractivity contribution in [1.82, 2.24) is 10.2 Å². The fraction of sp³-hybridized carbons (Fsp3) is 0.364. The number of benzene rings is 1. The number of hydrogen-bond acceptors (Lipinski definition) is 2. The van der Waals surface area contributed by atoms with Crippen molar-refractivity contribution in [2.75, 3.05) is 27.2 Å². The minimum absolute atomic E-state index is 0.341. The third-order valence-electron chi connectivity index (χ3n) is 2.31. The van der Waals surface area contributed by atoms with Gasteiger partial charge in [-0.25, -0.2) is 13.2 Å². The van der Waals surface area contributed by atoms with Gasteiger partial charge >= 0.3 is 0 Å². The zero-order valence-corrected chi connectivity index (χ0v) is 9.56. The van der Waals surface area contributed by atoms with E-state index in [0.717, 1.165) is 12.1 Å². The van der Waals surface area contributed by atoms with Crippen LogP contribution in [0, 0.1) is 17.5 Å². The maximum atomic E-state index is 13.3. The molecular weight excluding hydrogens is 233 g/mol.